The summed E-state index contributed by atoms with van der Waals surface area (Å²) in [5.41, 5.74) is -4.97. The topological polar surface area (TPSA) is 56.7 Å². The van der Waals surface area contributed by atoms with E-state index < -0.39 is 107 Å². The Labute approximate surface area is 293 Å². The molecule has 0 unspecified atom stereocenters. The molecule has 0 radical (unpaired) electrons. The standard InChI is InChI=1S/C42H28N4O/c1-42(2)33-17-9-6-14-27(33)31-23-32-28-15-7-10-18-35(28)46(36(32)24-34(31)42)41-44-39(25-12-4-3-5-13-25)43-40(45-41)26-20-21-30-29-16-8-11-19-37(29)47-38(30)22-26/h3-24H,1-2H3/i1D3,2D3,6D,7D,9D,10D,14D,15D,17D,18D,23D,24D. The summed E-state index contributed by atoms with van der Waals surface area (Å²) in [6.45, 7) is -7.30. The predicted molar refractivity (Wildman–Crippen MR) is 190 cm³/mol. The number of furan rings is 1. The van der Waals surface area contributed by atoms with E-state index in [0.29, 0.717) is 22.3 Å². The fraction of sp³-hybridized carbons (Fsp3) is 0.0714. The number of hydrogen-bond acceptors (Lipinski definition) is 4. The molecule has 0 spiro atoms. The Kier molecular flexibility index (Phi) is 3.03. The van der Waals surface area contributed by atoms with Crippen molar-refractivity contribution in [1.82, 2.24) is 19.5 Å². The number of hydrogen-bond donors (Lipinski definition) is 0. The highest BCUT2D eigenvalue weighted by atomic mass is 16.3. The molecule has 5 heteroatoms. The smallest absolute Gasteiger partial charge is 0.238 e. The molecule has 0 N–H and O–H groups in total. The average molecular weight is 621 g/mol. The van der Waals surface area contributed by atoms with Gasteiger partial charge in [0.05, 0.1) is 24.7 Å². The fourth-order valence-electron chi connectivity index (χ4n) is 6.36. The van der Waals surface area contributed by atoms with Crippen LogP contribution >= 0.6 is 0 Å². The molecule has 10 rings (SSSR count). The van der Waals surface area contributed by atoms with E-state index >= 15 is 0 Å². The molecule has 5 nitrogen and oxygen atoms in total. The van der Waals surface area contributed by atoms with Crippen molar-refractivity contribution in [3.8, 4) is 39.9 Å². The van der Waals surface area contributed by atoms with Gasteiger partial charge in [0.15, 0.2) is 11.6 Å². The van der Waals surface area contributed by atoms with Gasteiger partial charge in [-0.15, -0.1) is 0 Å². The van der Waals surface area contributed by atoms with Gasteiger partial charge in [0.1, 0.15) is 11.2 Å². The van der Waals surface area contributed by atoms with Gasteiger partial charge in [-0.25, -0.2) is 4.98 Å². The number of para-hydroxylation sites is 2. The largest absolute Gasteiger partial charge is 0.456 e. The zero-order valence-corrected chi connectivity index (χ0v) is 24.1. The lowest BCUT2D eigenvalue weighted by molar-refractivity contribution is 0.661. The number of benzene rings is 6. The predicted octanol–water partition coefficient (Wildman–Crippen LogP) is 10.5. The van der Waals surface area contributed by atoms with Gasteiger partial charge in [-0.3, -0.25) is 4.57 Å². The van der Waals surface area contributed by atoms with Gasteiger partial charge in [-0.1, -0.05) is 111 Å². The summed E-state index contributed by atoms with van der Waals surface area (Å²) in [5, 5.41) is 0.974. The lowest BCUT2D eigenvalue weighted by Crippen LogP contribution is -2.15. The summed E-state index contributed by atoms with van der Waals surface area (Å²) in [6, 6.07) is 13.4. The lowest BCUT2D eigenvalue weighted by atomic mass is 9.82. The number of rotatable bonds is 3. The highest BCUT2D eigenvalue weighted by Crippen LogP contribution is 2.50. The van der Waals surface area contributed by atoms with Crippen molar-refractivity contribution in [1.29, 1.82) is 0 Å². The first kappa shape index (κ1) is 15.0. The molecule has 222 valence electrons. The number of fused-ring (bicyclic) bond motifs is 9. The average Bonchev–Trinajstić information content (AvgIpc) is 3.93. The Balaban J connectivity index is 1.42. The van der Waals surface area contributed by atoms with Crippen LogP contribution in [0.1, 0.15) is 46.8 Å². The maximum Gasteiger partial charge on any atom is 0.238 e. The van der Waals surface area contributed by atoms with Crippen LogP contribution in [0.15, 0.2) is 138 Å². The monoisotopic (exact) mass is 620 g/mol. The molecule has 1 aliphatic carbocycles. The summed E-state index contributed by atoms with van der Waals surface area (Å²) in [5.74, 6) is -0.258. The Hall–Kier alpha value is -6.07. The molecule has 6 aromatic carbocycles. The van der Waals surface area contributed by atoms with E-state index in [9.17, 15) is 4.11 Å². The van der Waals surface area contributed by atoms with Crippen LogP contribution in [0.4, 0.5) is 0 Å². The minimum absolute atomic E-state index is 0.0335. The van der Waals surface area contributed by atoms with Crippen LogP contribution in [0.25, 0.3) is 83.6 Å². The van der Waals surface area contributed by atoms with E-state index in [1.807, 2.05) is 30.3 Å². The third-order valence-corrected chi connectivity index (χ3v) is 8.53. The van der Waals surface area contributed by atoms with Crippen LogP contribution in [0, 0.1) is 0 Å². The van der Waals surface area contributed by atoms with Gasteiger partial charge in [0.2, 0.25) is 5.95 Å². The molecule has 47 heavy (non-hydrogen) atoms. The van der Waals surface area contributed by atoms with Crippen molar-refractivity contribution >= 4 is 43.7 Å². The highest BCUT2D eigenvalue weighted by molar-refractivity contribution is 6.11. The van der Waals surface area contributed by atoms with Crippen LogP contribution in [0.2, 0.25) is 0 Å². The summed E-state index contributed by atoms with van der Waals surface area (Å²) >= 11 is 0. The molecule has 0 fully saturated rings. The molecule has 3 heterocycles. The minimum Gasteiger partial charge on any atom is -0.456 e. The zero-order chi connectivity index (χ0) is 45.0. The summed E-state index contributed by atoms with van der Waals surface area (Å²) in [7, 11) is 0. The van der Waals surface area contributed by atoms with Crippen LogP contribution in [0.5, 0.6) is 0 Å². The molecule has 0 atom stereocenters. The van der Waals surface area contributed by atoms with Crippen LogP contribution in [-0.2, 0) is 5.41 Å². The lowest BCUT2D eigenvalue weighted by Gasteiger charge is -2.21. The third-order valence-electron chi connectivity index (χ3n) is 8.53. The molecular formula is C42H28N4O. The van der Waals surface area contributed by atoms with E-state index in [2.05, 4.69) is 0 Å². The molecular weight excluding hydrogens is 576 g/mol. The van der Waals surface area contributed by atoms with Crippen molar-refractivity contribution in [2.45, 2.75) is 19.1 Å². The second-order valence-corrected chi connectivity index (χ2v) is 11.2. The second-order valence-electron chi connectivity index (χ2n) is 11.2. The molecule has 1 aliphatic rings. The first-order valence-electron chi connectivity index (χ1n) is 22.6. The van der Waals surface area contributed by atoms with E-state index in [1.165, 1.54) is 0 Å². The van der Waals surface area contributed by atoms with E-state index in [-0.39, 0.29) is 33.9 Å². The Morgan fingerprint density at radius 3 is 2.28 bits per heavy atom. The van der Waals surface area contributed by atoms with Crippen molar-refractivity contribution in [3.63, 3.8) is 0 Å². The molecule has 0 saturated heterocycles. The summed E-state index contributed by atoms with van der Waals surface area (Å²) in [6.07, 6.45) is 0. The van der Waals surface area contributed by atoms with Crippen LogP contribution < -0.4 is 0 Å². The molecule has 0 bridgehead atoms. The minimum atomic E-state index is -3.65. The molecule has 3 aromatic heterocycles. The van der Waals surface area contributed by atoms with Crippen LogP contribution in [0.3, 0.4) is 0 Å². The van der Waals surface area contributed by atoms with Crippen molar-refractivity contribution in [2.24, 2.45) is 0 Å². The van der Waals surface area contributed by atoms with E-state index in [1.54, 1.807) is 42.5 Å². The van der Waals surface area contributed by atoms with Gasteiger partial charge >= 0.3 is 0 Å². The van der Waals surface area contributed by atoms with Gasteiger partial charge in [-0.2, -0.15) is 9.97 Å². The van der Waals surface area contributed by atoms with Gasteiger partial charge in [-0.05, 0) is 58.6 Å². The molecule has 0 aliphatic heterocycles. The van der Waals surface area contributed by atoms with Crippen molar-refractivity contribution in [2.75, 3.05) is 0 Å². The van der Waals surface area contributed by atoms with Gasteiger partial charge < -0.3 is 4.42 Å². The van der Waals surface area contributed by atoms with Gasteiger partial charge in [0, 0.05) is 46.3 Å². The number of nitrogens with zero attached hydrogens (tertiary/aromatic N) is 4. The summed E-state index contributed by atoms with van der Waals surface area (Å²) < 4.78 is 151. The SMILES string of the molecule is [2H]c1c([2H])c([2H])c2c(c1[2H])-c1c(c([2H])c3c(c1[2H])c1c([2H])c([2H])c([2H])c([2H])c1n3-c1nc(-c3ccccc3)nc(-c3ccc4c(c3)oc3ccccc34)n1)C2(C([2H])([2H])[2H])C([2H])([2H])[2H]. The maximum atomic E-state index is 9.99. The van der Waals surface area contributed by atoms with Gasteiger partial charge in [0.25, 0.3) is 0 Å². The normalized spacial score (nSPS) is 18.9. The Bertz CT molecular complexity index is 3490. The quantitative estimate of drug-likeness (QED) is 0.197. The first-order chi connectivity index (χ1) is 29.7. The zero-order valence-electron chi connectivity index (χ0n) is 40.1. The third kappa shape index (κ3) is 3.74. The fourth-order valence-corrected chi connectivity index (χ4v) is 6.36. The Morgan fingerprint density at radius 2 is 1.38 bits per heavy atom. The molecule has 0 amide bonds. The maximum absolute atomic E-state index is 9.99. The Morgan fingerprint density at radius 1 is 0.617 bits per heavy atom. The second kappa shape index (κ2) is 9.47. The highest BCUT2D eigenvalue weighted by Gasteiger charge is 2.36. The van der Waals surface area contributed by atoms with E-state index in [0.717, 1.165) is 15.3 Å². The number of aromatic nitrogens is 4. The molecule has 0 saturated carbocycles. The first-order valence-corrected chi connectivity index (χ1v) is 14.6. The summed E-state index contributed by atoms with van der Waals surface area (Å²) in [4.78, 5) is 14.4. The van der Waals surface area contributed by atoms with E-state index in [4.69, 9.17) is 37.2 Å². The van der Waals surface area contributed by atoms with Crippen LogP contribution in [-0.4, -0.2) is 19.5 Å². The van der Waals surface area contributed by atoms with Crippen molar-refractivity contribution in [3.05, 3.63) is 144 Å². The van der Waals surface area contributed by atoms with Crippen molar-refractivity contribution < 1.29 is 26.3 Å². The molecule has 9 aromatic rings.